The van der Waals surface area contributed by atoms with Crippen LogP contribution < -0.4 is 5.32 Å². The summed E-state index contributed by atoms with van der Waals surface area (Å²) in [5, 5.41) is 4.89. The van der Waals surface area contributed by atoms with E-state index in [1.807, 2.05) is 11.3 Å². The molecule has 90 valence electrons. The van der Waals surface area contributed by atoms with Crippen molar-refractivity contribution < 1.29 is 0 Å². The first-order valence-electron chi connectivity index (χ1n) is 6.60. The minimum atomic E-state index is 0.790. The number of hydrogen-bond donors (Lipinski definition) is 1. The molecular formula is C15H19NS. The molecule has 0 saturated carbocycles. The van der Waals surface area contributed by atoms with Gasteiger partial charge in [0.2, 0.25) is 0 Å². The molecule has 1 fully saturated rings. The summed E-state index contributed by atoms with van der Waals surface area (Å²) < 4.78 is 1.45. The van der Waals surface area contributed by atoms with E-state index in [1.54, 1.807) is 4.88 Å². The summed E-state index contributed by atoms with van der Waals surface area (Å²) in [6.07, 6.45) is 3.73. The lowest BCUT2D eigenvalue weighted by atomic mass is 9.96. The summed E-state index contributed by atoms with van der Waals surface area (Å²) in [5.41, 5.74) is 1.45. The molecule has 0 unspecified atom stereocenters. The standard InChI is InChI=1S/C15H19NS/c1-2-11-3-4-14-13(9-11)10-15(17-14)12-5-7-16-8-6-12/h3-4,9-10,12,16H,2,5-8H2,1H3. The lowest BCUT2D eigenvalue weighted by molar-refractivity contribution is 0.465. The van der Waals surface area contributed by atoms with Gasteiger partial charge in [-0.25, -0.2) is 0 Å². The second-order valence-corrected chi connectivity index (χ2v) is 6.01. The minimum absolute atomic E-state index is 0.790. The lowest BCUT2D eigenvalue weighted by Gasteiger charge is -2.21. The average Bonchev–Trinajstić information content (AvgIpc) is 2.82. The molecule has 1 aromatic carbocycles. The Morgan fingerprint density at radius 2 is 2.06 bits per heavy atom. The van der Waals surface area contributed by atoms with Gasteiger partial charge in [0.25, 0.3) is 0 Å². The maximum Gasteiger partial charge on any atom is 0.0345 e. The number of aryl methyl sites for hydroxylation is 1. The third-order valence-electron chi connectivity index (χ3n) is 3.75. The fourth-order valence-electron chi connectivity index (χ4n) is 2.64. The molecule has 1 aromatic heterocycles. The van der Waals surface area contributed by atoms with E-state index in [2.05, 4.69) is 36.5 Å². The monoisotopic (exact) mass is 245 g/mol. The maximum atomic E-state index is 3.44. The summed E-state index contributed by atoms with van der Waals surface area (Å²) in [6.45, 7) is 4.58. The van der Waals surface area contributed by atoms with Crippen LogP contribution in [-0.4, -0.2) is 13.1 Å². The second-order valence-electron chi connectivity index (χ2n) is 4.90. The first-order chi connectivity index (χ1) is 8.36. The van der Waals surface area contributed by atoms with Gasteiger partial charge in [-0.15, -0.1) is 11.3 Å². The molecule has 1 aliphatic heterocycles. The number of thiophene rings is 1. The quantitative estimate of drug-likeness (QED) is 0.845. The van der Waals surface area contributed by atoms with E-state index < -0.39 is 0 Å². The van der Waals surface area contributed by atoms with Crippen LogP contribution in [0.4, 0.5) is 0 Å². The topological polar surface area (TPSA) is 12.0 Å². The van der Waals surface area contributed by atoms with Gasteiger partial charge in [-0.3, -0.25) is 0 Å². The van der Waals surface area contributed by atoms with Crippen molar-refractivity contribution in [1.29, 1.82) is 0 Å². The van der Waals surface area contributed by atoms with Crippen LogP contribution in [0.3, 0.4) is 0 Å². The molecule has 0 atom stereocenters. The Balaban J connectivity index is 1.95. The summed E-state index contributed by atoms with van der Waals surface area (Å²) in [4.78, 5) is 1.59. The predicted molar refractivity (Wildman–Crippen MR) is 76.0 cm³/mol. The molecule has 2 heteroatoms. The number of rotatable bonds is 2. The number of benzene rings is 1. The van der Waals surface area contributed by atoms with E-state index in [9.17, 15) is 0 Å². The van der Waals surface area contributed by atoms with E-state index >= 15 is 0 Å². The van der Waals surface area contributed by atoms with Gasteiger partial charge in [0.05, 0.1) is 0 Å². The highest BCUT2D eigenvalue weighted by Crippen LogP contribution is 2.35. The molecule has 0 amide bonds. The van der Waals surface area contributed by atoms with Gasteiger partial charge in [0.1, 0.15) is 0 Å². The first-order valence-corrected chi connectivity index (χ1v) is 7.41. The third kappa shape index (κ3) is 2.24. The van der Waals surface area contributed by atoms with Crippen molar-refractivity contribution >= 4 is 21.4 Å². The van der Waals surface area contributed by atoms with Gasteiger partial charge in [0, 0.05) is 9.58 Å². The van der Waals surface area contributed by atoms with Crippen LogP contribution in [-0.2, 0) is 6.42 Å². The second kappa shape index (κ2) is 4.79. The zero-order valence-electron chi connectivity index (χ0n) is 10.3. The third-order valence-corrected chi connectivity index (χ3v) is 5.03. The van der Waals surface area contributed by atoms with Crippen molar-refractivity contribution in [3.63, 3.8) is 0 Å². The Morgan fingerprint density at radius 1 is 1.24 bits per heavy atom. The van der Waals surface area contributed by atoms with E-state index in [0.29, 0.717) is 0 Å². The summed E-state index contributed by atoms with van der Waals surface area (Å²) in [6, 6.07) is 9.35. The minimum Gasteiger partial charge on any atom is -0.317 e. The molecule has 2 heterocycles. The fraction of sp³-hybridized carbons (Fsp3) is 0.467. The molecular weight excluding hydrogens is 226 g/mol. The molecule has 0 aliphatic carbocycles. The van der Waals surface area contributed by atoms with Gasteiger partial charge in [-0.2, -0.15) is 0 Å². The Bertz CT molecular complexity index is 509. The van der Waals surface area contributed by atoms with Crippen LogP contribution in [0, 0.1) is 0 Å². The van der Waals surface area contributed by atoms with Crippen molar-refractivity contribution in [2.24, 2.45) is 0 Å². The van der Waals surface area contributed by atoms with Crippen molar-refractivity contribution in [1.82, 2.24) is 5.32 Å². The number of fused-ring (bicyclic) bond motifs is 1. The van der Waals surface area contributed by atoms with E-state index in [0.717, 1.165) is 12.3 Å². The number of hydrogen-bond acceptors (Lipinski definition) is 2. The Morgan fingerprint density at radius 3 is 2.82 bits per heavy atom. The Kier molecular flexibility index (Phi) is 3.17. The van der Waals surface area contributed by atoms with Gasteiger partial charge in [-0.05, 0) is 61.4 Å². The highest BCUT2D eigenvalue weighted by atomic mass is 32.1. The Labute approximate surface area is 107 Å². The van der Waals surface area contributed by atoms with Crippen molar-refractivity contribution in [3.8, 4) is 0 Å². The predicted octanol–water partition coefficient (Wildman–Crippen LogP) is 3.93. The van der Waals surface area contributed by atoms with Crippen molar-refractivity contribution in [2.45, 2.75) is 32.1 Å². The molecule has 17 heavy (non-hydrogen) atoms. The molecule has 1 N–H and O–H groups in total. The zero-order chi connectivity index (χ0) is 11.7. The average molecular weight is 245 g/mol. The molecule has 2 aromatic rings. The summed E-state index contributed by atoms with van der Waals surface area (Å²) in [7, 11) is 0. The number of nitrogens with one attached hydrogen (secondary N) is 1. The highest BCUT2D eigenvalue weighted by molar-refractivity contribution is 7.19. The van der Waals surface area contributed by atoms with Gasteiger partial charge < -0.3 is 5.32 Å². The van der Waals surface area contributed by atoms with Gasteiger partial charge >= 0.3 is 0 Å². The van der Waals surface area contributed by atoms with Gasteiger partial charge in [0.15, 0.2) is 0 Å². The normalized spacial score (nSPS) is 17.7. The fourth-order valence-corrected chi connectivity index (χ4v) is 3.85. The van der Waals surface area contributed by atoms with Crippen LogP contribution in [0.15, 0.2) is 24.3 Å². The Hall–Kier alpha value is -0.860. The van der Waals surface area contributed by atoms with Crippen LogP contribution in [0.2, 0.25) is 0 Å². The lowest BCUT2D eigenvalue weighted by Crippen LogP contribution is -2.26. The molecule has 1 saturated heterocycles. The molecule has 3 rings (SSSR count). The van der Waals surface area contributed by atoms with Crippen LogP contribution in [0.5, 0.6) is 0 Å². The number of piperidine rings is 1. The van der Waals surface area contributed by atoms with Gasteiger partial charge in [-0.1, -0.05) is 19.1 Å². The highest BCUT2D eigenvalue weighted by Gasteiger charge is 2.17. The summed E-state index contributed by atoms with van der Waals surface area (Å²) >= 11 is 2.00. The van der Waals surface area contributed by atoms with Crippen molar-refractivity contribution in [2.75, 3.05) is 13.1 Å². The van der Waals surface area contributed by atoms with Crippen molar-refractivity contribution in [3.05, 3.63) is 34.7 Å². The van der Waals surface area contributed by atoms with E-state index in [1.165, 1.54) is 41.6 Å². The molecule has 1 aliphatic rings. The molecule has 0 spiro atoms. The SMILES string of the molecule is CCc1ccc2sc(C3CCNCC3)cc2c1. The van der Waals surface area contributed by atoms with Crippen LogP contribution in [0.25, 0.3) is 10.1 Å². The molecule has 0 radical (unpaired) electrons. The molecule has 0 bridgehead atoms. The smallest absolute Gasteiger partial charge is 0.0345 e. The largest absolute Gasteiger partial charge is 0.317 e. The van der Waals surface area contributed by atoms with E-state index in [4.69, 9.17) is 0 Å². The van der Waals surface area contributed by atoms with Crippen LogP contribution >= 0.6 is 11.3 Å². The van der Waals surface area contributed by atoms with Crippen LogP contribution in [0.1, 0.15) is 36.1 Å². The summed E-state index contributed by atoms with van der Waals surface area (Å²) in [5.74, 6) is 0.790. The zero-order valence-corrected chi connectivity index (χ0v) is 11.1. The maximum absolute atomic E-state index is 3.44. The van der Waals surface area contributed by atoms with E-state index in [-0.39, 0.29) is 0 Å². The first kappa shape index (κ1) is 11.2. The molecule has 1 nitrogen and oxygen atoms in total.